The summed E-state index contributed by atoms with van der Waals surface area (Å²) in [5.74, 6) is 2.44. The van der Waals surface area contributed by atoms with E-state index in [0.29, 0.717) is 5.88 Å². The molecule has 2 heterocycles. The molecular weight excluding hydrogens is 220 g/mol. The lowest BCUT2D eigenvalue weighted by atomic mass is 10.0. The molecule has 16 heavy (non-hydrogen) atoms. The number of hydrogen-bond acceptors (Lipinski definition) is 2. The molecule has 1 aliphatic heterocycles. The van der Waals surface area contributed by atoms with Crippen LogP contribution in [-0.4, -0.2) is 18.1 Å². The first-order chi connectivity index (χ1) is 7.70. The molecule has 2 nitrogen and oxygen atoms in total. The molecule has 1 aromatic heterocycles. The van der Waals surface area contributed by atoms with Gasteiger partial charge in [0.25, 0.3) is 0 Å². The van der Waals surface area contributed by atoms with E-state index in [1.54, 1.807) is 0 Å². The lowest BCUT2D eigenvalue weighted by molar-refractivity contribution is 0.444. The number of alkyl halides is 1. The van der Waals surface area contributed by atoms with Gasteiger partial charge in [-0.3, -0.25) is 0 Å². The molecule has 0 aliphatic carbocycles. The van der Waals surface area contributed by atoms with Crippen LogP contribution in [0.4, 0.5) is 5.82 Å². The smallest absolute Gasteiger partial charge is 0.128 e. The van der Waals surface area contributed by atoms with Crippen LogP contribution in [0.1, 0.15) is 31.0 Å². The van der Waals surface area contributed by atoms with Crippen LogP contribution in [-0.2, 0) is 5.88 Å². The minimum absolute atomic E-state index is 0.551. The van der Waals surface area contributed by atoms with E-state index in [9.17, 15) is 0 Å². The standard InChI is InChI=1S/C13H19ClN2/c1-10-4-3-7-16(9-10)13-6-5-12(8-14)11(2)15-13/h5-6,10H,3-4,7-9H2,1-2H3. The number of anilines is 1. The predicted octanol–water partition coefficient (Wildman–Crippen LogP) is 3.37. The fraction of sp³-hybridized carbons (Fsp3) is 0.615. The molecule has 0 bridgehead atoms. The Bertz CT molecular complexity index is 365. The zero-order chi connectivity index (χ0) is 11.5. The summed E-state index contributed by atoms with van der Waals surface area (Å²) in [6.45, 7) is 6.62. The predicted molar refractivity (Wildman–Crippen MR) is 69.1 cm³/mol. The first kappa shape index (κ1) is 11.7. The van der Waals surface area contributed by atoms with E-state index >= 15 is 0 Å². The lowest BCUT2D eigenvalue weighted by Crippen LogP contribution is -2.34. The molecule has 0 amide bonds. The van der Waals surface area contributed by atoms with Gasteiger partial charge in [0.1, 0.15) is 5.82 Å². The quantitative estimate of drug-likeness (QED) is 0.735. The number of piperidine rings is 1. The van der Waals surface area contributed by atoms with Gasteiger partial charge in [0.2, 0.25) is 0 Å². The van der Waals surface area contributed by atoms with Crippen molar-refractivity contribution in [3.63, 3.8) is 0 Å². The second kappa shape index (κ2) is 5.05. The molecule has 88 valence electrons. The van der Waals surface area contributed by atoms with Crippen LogP contribution in [0, 0.1) is 12.8 Å². The van der Waals surface area contributed by atoms with E-state index in [4.69, 9.17) is 11.6 Å². The monoisotopic (exact) mass is 238 g/mol. The molecule has 0 aromatic carbocycles. The second-order valence-electron chi connectivity index (χ2n) is 4.74. The highest BCUT2D eigenvalue weighted by atomic mass is 35.5. The van der Waals surface area contributed by atoms with E-state index in [2.05, 4.69) is 28.9 Å². The normalized spacial score (nSPS) is 21.2. The highest BCUT2D eigenvalue weighted by Crippen LogP contribution is 2.22. The van der Waals surface area contributed by atoms with Crippen LogP contribution < -0.4 is 4.90 Å². The lowest BCUT2D eigenvalue weighted by Gasteiger charge is -2.32. The summed E-state index contributed by atoms with van der Waals surface area (Å²) in [7, 11) is 0. The molecule has 1 aliphatic rings. The third kappa shape index (κ3) is 2.49. The number of nitrogens with zero attached hydrogens (tertiary/aromatic N) is 2. The average Bonchev–Trinajstić information content (AvgIpc) is 2.29. The topological polar surface area (TPSA) is 16.1 Å². The number of pyridine rings is 1. The van der Waals surface area contributed by atoms with Gasteiger partial charge in [-0.05, 0) is 37.3 Å². The van der Waals surface area contributed by atoms with Gasteiger partial charge in [0, 0.05) is 24.7 Å². The maximum atomic E-state index is 5.84. The molecule has 2 rings (SSSR count). The van der Waals surface area contributed by atoms with E-state index in [-0.39, 0.29) is 0 Å². The van der Waals surface area contributed by atoms with Crippen molar-refractivity contribution in [3.05, 3.63) is 23.4 Å². The fourth-order valence-corrected chi connectivity index (χ4v) is 2.57. The van der Waals surface area contributed by atoms with Crippen molar-refractivity contribution in [2.45, 2.75) is 32.6 Å². The van der Waals surface area contributed by atoms with Gasteiger partial charge in [-0.2, -0.15) is 0 Å². The number of halogens is 1. The van der Waals surface area contributed by atoms with Crippen molar-refractivity contribution in [2.75, 3.05) is 18.0 Å². The van der Waals surface area contributed by atoms with Gasteiger partial charge in [-0.15, -0.1) is 11.6 Å². The third-order valence-corrected chi connectivity index (χ3v) is 3.59. The van der Waals surface area contributed by atoms with Crippen LogP contribution in [0.2, 0.25) is 0 Å². The van der Waals surface area contributed by atoms with Crippen LogP contribution in [0.5, 0.6) is 0 Å². The zero-order valence-electron chi connectivity index (χ0n) is 10.0. The summed E-state index contributed by atoms with van der Waals surface area (Å²) in [6, 6.07) is 4.20. The van der Waals surface area contributed by atoms with Crippen molar-refractivity contribution in [1.29, 1.82) is 0 Å². The van der Waals surface area contributed by atoms with Gasteiger partial charge in [-0.25, -0.2) is 4.98 Å². The Labute approximate surface area is 103 Å². The molecule has 1 unspecified atom stereocenters. The number of aryl methyl sites for hydroxylation is 1. The maximum absolute atomic E-state index is 5.84. The highest BCUT2D eigenvalue weighted by Gasteiger charge is 2.17. The van der Waals surface area contributed by atoms with E-state index < -0.39 is 0 Å². The van der Waals surface area contributed by atoms with Crippen LogP contribution in [0.3, 0.4) is 0 Å². The van der Waals surface area contributed by atoms with Gasteiger partial charge >= 0.3 is 0 Å². The molecule has 1 saturated heterocycles. The van der Waals surface area contributed by atoms with Crippen LogP contribution in [0.15, 0.2) is 12.1 Å². The number of aromatic nitrogens is 1. The molecule has 0 spiro atoms. The highest BCUT2D eigenvalue weighted by molar-refractivity contribution is 6.17. The first-order valence-corrected chi connectivity index (χ1v) is 6.51. The molecule has 0 N–H and O–H groups in total. The fourth-order valence-electron chi connectivity index (χ4n) is 2.29. The summed E-state index contributed by atoms with van der Waals surface area (Å²) < 4.78 is 0. The van der Waals surface area contributed by atoms with Gasteiger partial charge < -0.3 is 4.90 Å². The molecule has 1 fully saturated rings. The Morgan fingerprint density at radius 3 is 2.94 bits per heavy atom. The largest absolute Gasteiger partial charge is 0.356 e. The van der Waals surface area contributed by atoms with Gasteiger partial charge in [0.15, 0.2) is 0 Å². The maximum Gasteiger partial charge on any atom is 0.128 e. The Morgan fingerprint density at radius 1 is 1.50 bits per heavy atom. The molecule has 1 aromatic rings. The molecule has 0 radical (unpaired) electrons. The number of hydrogen-bond donors (Lipinski definition) is 0. The summed E-state index contributed by atoms with van der Waals surface area (Å²) >= 11 is 5.84. The molecular formula is C13H19ClN2. The van der Waals surface area contributed by atoms with Gasteiger partial charge in [0.05, 0.1) is 0 Å². The van der Waals surface area contributed by atoms with Crippen LogP contribution in [0.25, 0.3) is 0 Å². The summed E-state index contributed by atoms with van der Waals surface area (Å²) in [5.41, 5.74) is 2.20. The van der Waals surface area contributed by atoms with Crippen LogP contribution >= 0.6 is 11.6 Å². The molecule has 0 saturated carbocycles. The summed E-state index contributed by atoms with van der Waals surface area (Å²) in [6.07, 6.45) is 2.62. The van der Waals surface area contributed by atoms with Crippen molar-refractivity contribution in [3.8, 4) is 0 Å². The van der Waals surface area contributed by atoms with Crippen molar-refractivity contribution < 1.29 is 0 Å². The van der Waals surface area contributed by atoms with Gasteiger partial charge in [-0.1, -0.05) is 13.0 Å². The zero-order valence-corrected chi connectivity index (χ0v) is 10.8. The Balaban J connectivity index is 2.17. The van der Waals surface area contributed by atoms with E-state index in [1.165, 1.54) is 12.8 Å². The molecule has 1 atom stereocenters. The molecule has 3 heteroatoms. The minimum Gasteiger partial charge on any atom is -0.356 e. The minimum atomic E-state index is 0.551. The van der Waals surface area contributed by atoms with Crippen molar-refractivity contribution >= 4 is 17.4 Å². The Hall–Kier alpha value is -0.760. The first-order valence-electron chi connectivity index (χ1n) is 5.98. The Morgan fingerprint density at radius 2 is 2.31 bits per heavy atom. The van der Waals surface area contributed by atoms with Crippen molar-refractivity contribution in [1.82, 2.24) is 4.98 Å². The number of rotatable bonds is 2. The van der Waals surface area contributed by atoms with Crippen molar-refractivity contribution in [2.24, 2.45) is 5.92 Å². The Kier molecular flexibility index (Phi) is 3.70. The SMILES string of the molecule is Cc1nc(N2CCCC(C)C2)ccc1CCl. The third-order valence-electron chi connectivity index (χ3n) is 3.31. The van der Waals surface area contributed by atoms with E-state index in [1.807, 2.05) is 6.92 Å². The average molecular weight is 239 g/mol. The summed E-state index contributed by atoms with van der Waals surface area (Å²) in [5, 5.41) is 0. The second-order valence-corrected chi connectivity index (χ2v) is 5.01. The van der Waals surface area contributed by atoms with E-state index in [0.717, 1.165) is 36.1 Å². The summed E-state index contributed by atoms with van der Waals surface area (Å²) in [4.78, 5) is 7.03.